The van der Waals surface area contributed by atoms with Gasteiger partial charge in [-0.2, -0.15) is 5.10 Å². The van der Waals surface area contributed by atoms with Crippen LogP contribution >= 0.6 is 11.6 Å². The molecular formula is C14H22ClN3O. The molecule has 1 aliphatic rings. The molecule has 0 saturated carbocycles. The average Bonchev–Trinajstić information content (AvgIpc) is 2.67. The lowest BCUT2D eigenvalue weighted by Crippen LogP contribution is -2.43. The van der Waals surface area contributed by atoms with Gasteiger partial charge >= 0.3 is 0 Å². The molecule has 0 aliphatic carbocycles. The van der Waals surface area contributed by atoms with Gasteiger partial charge in [0.25, 0.3) is 0 Å². The van der Waals surface area contributed by atoms with E-state index in [1.165, 1.54) is 0 Å². The molecule has 2 heterocycles. The second-order valence-corrected chi connectivity index (χ2v) is 5.63. The van der Waals surface area contributed by atoms with E-state index in [0.717, 1.165) is 55.3 Å². The van der Waals surface area contributed by atoms with Gasteiger partial charge in [0, 0.05) is 13.1 Å². The van der Waals surface area contributed by atoms with Gasteiger partial charge in [0.1, 0.15) is 5.78 Å². The average molecular weight is 284 g/mol. The van der Waals surface area contributed by atoms with Crippen LogP contribution in [-0.2, 0) is 17.9 Å². The number of rotatable bonds is 4. The van der Waals surface area contributed by atoms with Gasteiger partial charge in [0.05, 0.1) is 22.5 Å². The van der Waals surface area contributed by atoms with E-state index in [0.29, 0.717) is 0 Å². The first-order chi connectivity index (χ1) is 9.04. The summed E-state index contributed by atoms with van der Waals surface area (Å²) in [6.45, 7) is 8.17. The molecule has 0 amide bonds. The molecule has 5 heteroatoms. The van der Waals surface area contributed by atoms with E-state index in [4.69, 9.17) is 11.6 Å². The fraction of sp³-hybridized carbons (Fsp3) is 0.714. The molecule has 1 fully saturated rings. The number of aromatic nitrogens is 2. The summed E-state index contributed by atoms with van der Waals surface area (Å²) in [5.41, 5.74) is 1.91. The van der Waals surface area contributed by atoms with E-state index in [1.807, 2.05) is 11.6 Å². The SMILES string of the molecule is CCn1nc(C)c(Cl)c1CN1CCCCC1C(C)=O. The minimum atomic E-state index is 0.0466. The number of piperidine rings is 1. The van der Waals surface area contributed by atoms with Gasteiger partial charge in [-0.05, 0) is 40.2 Å². The highest BCUT2D eigenvalue weighted by molar-refractivity contribution is 6.31. The van der Waals surface area contributed by atoms with Gasteiger partial charge in [0.15, 0.2) is 0 Å². The second kappa shape index (κ2) is 6.06. The molecule has 106 valence electrons. The van der Waals surface area contributed by atoms with Crippen molar-refractivity contribution < 1.29 is 4.79 Å². The van der Waals surface area contributed by atoms with Crippen molar-refractivity contribution in [3.63, 3.8) is 0 Å². The zero-order valence-electron chi connectivity index (χ0n) is 11.9. The number of likely N-dealkylation sites (tertiary alicyclic amines) is 1. The Bertz CT molecular complexity index is 470. The number of ketones is 1. The Morgan fingerprint density at radius 1 is 1.47 bits per heavy atom. The summed E-state index contributed by atoms with van der Waals surface area (Å²) < 4.78 is 1.95. The molecule has 1 aromatic rings. The van der Waals surface area contributed by atoms with Crippen LogP contribution in [0.4, 0.5) is 0 Å². The first-order valence-electron chi connectivity index (χ1n) is 7.00. The van der Waals surface area contributed by atoms with Crippen molar-refractivity contribution >= 4 is 17.4 Å². The second-order valence-electron chi connectivity index (χ2n) is 5.25. The maximum Gasteiger partial charge on any atom is 0.146 e. The lowest BCUT2D eigenvalue weighted by atomic mass is 9.99. The molecule has 19 heavy (non-hydrogen) atoms. The maximum atomic E-state index is 11.7. The summed E-state index contributed by atoms with van der Waals surface area (Å²) in [6.07, 6.45) is 3.26. The smallest absolute Gasteiger partial charge is 0.146 e. The number of Topliss-reactive ketones (excluding diaryl/α,β-unsaturated/α-hetero) is 1. The summed E-state index contributed by atoms with van der Waals surface area (Å²) in [7, 11) is 0. The van der Waals surface area contributed by atoms with E-state index in [9.17, 15) is 4.79 Å². The highest BCUT2D eigenvalue weighted by Crippen LogP contribution is 2.25. The third-order valence-electron chi connectivity index (χ3n) is 3.89. The highest BCUT2D eigenvalue weighted by atomic mass is 35.5. The quantitative estimate of drug-likeness (QED) is 0.853. The Morgan fingerprint density at radius 2 is 2.21 bits per heavy atom. The van der Waals surface area contributed by atoms with Crippen LogP contribution < -0.4 is 0 Å². The topological polar surface area (TPSA) is 38.1 Å². The molecule has 0 aromatic carbocycles. The predicted molar refractivity (Wildman–Crippen MR) is 76.4 cm³/mol. The lowest BCUT2D eigenvalue weighted by molar-refractivity contribution is -0.123. The number of nitrogens with zero attached hydrogens (tertiary/aromatic N) is 3. The van der Waals surface area contributed by atoms with Crippen molar-refractivity contribution in [3.05, 3.63) is 16.4 Å². The molecule has 1 aliphatic heterocycles. The summed E-state index contributed by atoms with van der Waals surface area (Å²) in [5, 5.41) is 5.18. The van der Waals surface area contributed by atoms with Crippen molar-refractivity contribution in [2.24, 2.45) is 0 Å². The fourth-order valence-electron chi connectivity index (χ4n) is 2.85. The zero-order valence-corrected chi connectivity index (χ0v) is 12.7. The largest absolute Gasteiger partial charge is 0.298 e. The third-order valence-corrected chi connectivity index (χ3v) is 4.38. The molecule has 0 bridgehead atoms. The predicted octanol–water partition coefficient (Wildman–Crippen LogP) is 2.81. The van der Waals surface area contributed by atoms with Gasteiger partial charge in [-0.1, -0.05) is 18.0 Å². The number of carbonyl (C=O) groups excluding carboxylic acids is 1. The molecule has 0 radical (unpaired) electrons. The van der Waals surface area contributed by atoms with Crippen LogP contribution in [0.3, 0.4) is 0 Å². The molecule has 1 saturated heterocycles. The molecule has 2 rings (SSSR count). The standard InChI is InChI=1S/C14H22ClN3O/c1-4-18-13(14(15)10(2)16-18)9-17-8-6-5-7-12(17)11(3)19/h12H,4-9H2,1-3H3. The summed E-state index contributed by atoms with van der Waals surface area (Å²) >= 11 is 6.34. The minimum Gasteiger partial charge on any atom is -0.298 e. The summed E-state index contributed by atoms with van der Waals surface area (Å²) in [4.78, 5) is 14.0. The van der Waals surface area contributed by atoms with Gasteiger partial charge < -0.3 is 0 Å². The highest BCUT2D eigenvalue weighted by Gasteiger charge is 2.27. The Labute approximate surface area is 119 Å². The normalized spacial score (nSPS) is 20.7. The monoisotopic (exact) mass is 283 g/mol. The van der Waals surface area contributed by atoms with Crippen LogP contribution in [0, 0.1) is 6.92 Å². The molecule has 0 spiro atoms. The van der Waals surface area contributed by atoms with Crippen LogP contribution in [0.25, 0.3) is 0 Å². The first kappa shape index (κ1) is 14.5. The summed E-state index contributed by atoms with van der Waals surface area (Å²) in [5.74, 6) is 0.259. The molecule has 1 unspecified atom stereocenters. The number of hydrogen-bond donors (Lipinski definition) is 0. The number of halogens is 1. The van der Waals surface area contributed by atoms with Crippen molar-refractivity contribution in [2.75, 3.05) is 6.54 Å². The number of aryl methyl sites for hydroxylation is 2. The minimum absolute atomic E-state index is 0.0466. The first-order valence-corrected chi connectivity index (χ1v) is 7.38. The Kier molecular flexibility index (Phi) is 4.63. The Hall–Kier alpha value is -0.870. The molecule has 1 atom stereocenters. The van der Waals surface area contributed by atoms with Crippen molar-refractivity contribution in [2.45, 2.75) is 59.2 Å². The van der Waals surface area contributed by atoms with E-state index < -0.39 is 0 Å². The van der Waals surface area contributed by atoms with E-state index in [2.05, 4.69) is 16.9 Å². The van der Waals surface area contributed by atoms with Crippen molar-refractivity contribution in [1.29, 1.82) is 0 Å². The van der Waals surface area contributed by atoms with Crippen LogP contribution in [0.1, 0.15) is 44.5 Å². The van der Waals surface area contributed by atoms with Crippen LogP contribution in [-0.4, -0.2) is 33.1 Å². The molecule has 0 N–H and O–H groups in total. The Morgan fingerprint density at radius 3 is 2.84 bits per heavy atom. The van der Waals surface area contributed by atoms with Crippen LogP contribution in [0.15, 0.2) is 0 Å². The van der Waals surface area contributed by atoms with E-state index in [1.54, 1.807) is 6.92 Å². The van der Waals surface area contributed by atoms with Gasteiger partial charge in [0.2, 0.25) is 0 Å². The summed E-state index contributed by atoms with van der Waals surface area (Å²) in [6, 6.07) is 0.0466. The Balaban J connectivity index is 2.21. The zero-order chi connectivity index (χ0) is 14.0. The molecular weight excluding hydrogens is 262 g/mol. The fourth-order valence-corrected chi connectivity index (χ4v) is 3.05. The van der Waals surface area contributed by atoms with Crippen molar-refractivity contribution in [1.82, 2.24) is 14.7 Å². The van der Waals surface area contributed by atoms with Gasteiger partial charge in [-0.25, -0.2) is 0 Å². The number of hydrogen-bond acceptors (Lipinski definition) is 3. The lowest BCUT2D eigenvalue weighted by Gasteiger charge is -2.34. The maximum absolute atomic E-state index is 11.7. The van der Waals surface area contributed by atoms with Crippen LogP contribution in [0.2, 0.25) is 5.02 Å². The number of carbonyl (C=O) groups is 1. The van der Waals surface area contributed by atoms with E-state index >= 15 is 0 Å². The van der Waals surface area contributed by atoms with Gasteiger partial charge in [-0.15, -0.1) is 0 Å². The third kappa shape index (κ3) is 3.00. The molecule has 4 nitrogen and oxygen atoms in total. The molecule has 1 aromatic heterocycles. The van der Waals surface area contributed by atoms with Crippen molar-refractivity contribution in [3.8, 4) is 0 Å². The van der Waals surface area contributed by atoms with E-state index in [-0.39, 0.29) is 11.8 Å². The van der Waals surface area contributed by atoms with Crippen LogP contribution in [0.5, 0.6) is 0 Å². The van der Waals surface area contributed by atoms with Gasteiger partial charge in [-0.3, -0.25) is 14.4 Å².